The zero-order chi connectivity index (χ0) is 10.9. The van der Waals surface area contributed by atoms with Gasteiger partial charge in [0.25, 0.3) is 0 Å². The van der Waals surface area contributed by atoms with Crippen LogP contribution in [-0.2, 0) is 6.42 Å². The molecular weight excluding hydrogens is 222 g/mol. The van der Waals surface area contributed by atoms with E-state index in [2.05, 4.69) is 36.0 Å². The average Bonchev–Trinajstić information content (AvgIpc) is 2.75. The Morgan fingerprint density at radius 1 is 1.53 bits per heavy atom. The van der Waals surface area contributed by atoms with Gasteiger partial charge in [0.2, 0.25) is 0 Å². The van der Waals surface area contributed by atoms with E-state index in [1.54, 1.807) is 0 Å². The number of hydrogen-bond donors (Lipinski definition) is 1. The third-order valence-electron chi connectivity index (χ3n) is 2.48. The average molecular weight is 243 g/mol. The lowest BCUT2D eigenvalue weighted by atomic mass is 10.1. The molecule has 86 valence electrons. The van der Waals surface area contributed by atoms with Crippen molar-refractivity contribution in [3.05, 3.63) is 22.4 Å². The maximum absolute atomic E-state index is 3.64. The Bertz CT molecular complexity index is 234. The highest BCUT2D eigenvalue weighted by molar-refractivity contribution is 7.98. The molecule has 0 aromatic carbocycles. The molecule has 1 aromatic rings. The van der Waals surface area contributed by atoms with Gasteiger partial charge in [0.05, 0.1) is 0 Å². The second-order valence-corrected chi connectivity index (χ2v) is 5.71. The van der Waals surface area contributed by atoms with Crippen molar-refractivity contribution >= 4 is 23.1 Å². The maximum Gasteiger partial charge on any atom is 0.0113 e. The van der Waals surface area contributed by atoms with E-state index in [-0.39, 0.29) is 0 Å². The van der Waals surface area contributed by atoms with Gasteiger partial charge in [0.15, 0.2) is 0 Å². The highest BCUT2D eigenvalue weighted by Gasteiger charge is 2.06. The number of nitrogens with one attached hydrogen (secondary N) is 1. The van der Waals surface area contributed by atoms with Crippen molar-refractivity contribution in [1.29, 1.82) is 0 Å². The summed E-state index contributed by atoms with van der Waals surface area (Å²) in [6.07, 6.45) is 5.86. The molecule has 1 N–H and O–H groups in total. The fraction of sp³-hybridized carbons (Fsp3) is 0.667. The second kappa shape index (κ2) is 8.20. The normalized spacial score (nSPS) is 12.9. The van der Waals surface area contributed by atoms with Crippen molar-refractivity contribution in [2.45, 2.75) is 32.2 Å². The molecule has 0 fully saturated rings. The minimum Gasteiger partial charge on any atom is -0.314 e. The second-order valence-electron chi connectivity index (χ2n) is 3.69. The van der Waals surface area contributed by atoms with E-state index in [9.17, 15) is 0 Å². The molecule has 1 atom stereocenters. The molecule has 1 heterocycles. The smallest absolute Gasteiger partial charge is 0.0113 e. The van der Waals surface area contributed by atoms with Gasteiger partial charge in [-0.05, 0) is 49.3 Å². The Morgan fingerprint density at radius 3 is 3.00 bits per heavy atom. The summed E-state index contributed by atoms with van der Waals surface area (Å²) in [5, 5.41) is 5.80. The van der Waals surface area contributed by atoms with Crippen molar-refractivity contribution in [2.24, 2.45) is 0 Å². The molecule has 0 amide bonds. The predicted octanol–water partition coefficient (Wildman–Crippen LogP) is 3.41. The van der Waals surface area contributed by atoms with Crippen LogP contribution in [0.3, 0.4) is 0 Å². The van der Waals surface area contributed by atoms with Crippen LogP contribution in [0.4, 0.5) is 0 Å². The van der Waals surface area contributed by atoms with E-state index in [4.69, 9.17) is 0 Å². The molecule has 0 aliphatic heterocycles. The molecule has 3 heteroatoms. The minimum absolute atomic E-state index is 0.658. The van der Waals surface area contributed by atoms with Crippen LogP contribution in [0.15, 0.2) is 17.5 Å². The molecule has 0 radical (unpaired) electrons. The quantitative estimate of drug-likeness (QED) is 0.702. The van der Waals surface area contributed by atoms with E-state index in [1.165, 1.54) is 29.9 Å². The fourth-order valence-electron chi connectivity index (χ4n) is 1.56. The highest BCUT2D eigenvalue weighted by Crippen LogP contribution is 2.12. The molecule has 0 spiro atoms. The van der Waals surface area contributed by atoms with Crippen LogP contribution >= 0.6 is 23.1 Å². The molecule has 1 rings (SSSR count). The summed E-state index contributed by atoms with van der Waals surface area (Å²) in [7, 11) is 0. The summed E-state index contributed by atoms with van der Waals surface area (Å²) >= 11 is 3.79. The third kappa shape index (κ3) is 5.59. The zero-order valence-corrected chi connectivity index (χ0v) is 11.3. The van der Waals surface area contributed by atoms with Gasteiger partial charge in [-0.25, -0.2) is 0 Å². The van der Waals surface area contributed by atoms with Crippen molar-refractivity contribution in [2.75, 3.05) is 18.6 Å². The summed E-state index contributed by atoms with van der Waals surface area (Å²) in [6, 6.07) is 5.03. The molecule has 1 unspecified atom stereocenters. The van der Waals surface area contributed by atoms with E-state index < -0.39 is 0 Å². The van der Waals surface area contributed by atoms with Gasteiger partial charge in [-0.15, -0.1) is 11.3 Å². The first-order chi connectivity index (χ1) is 7.36. The Kier molecular flexibility index (Phi) is 7.14. The number of thiophene rings is 1. The highest BCUT2D eigenvalue weighted by atomic mass is 32.2. The molecule has 15 heavy (non-hydrogen) atoms. The van der Waals surface area contributed by atoms with E-state index >= 15 is 0 Å². The minimum atomic E-state index is 0.658. The Labute approximate surface area is 102 Å². The van der Waals surface area contributed by atoms with Crippen LogP contribution in [0.25, 0.3) is 0 Å². The number of hydrogen-bond acceptors (Lipinski definition) is 3. The molecule has 1 nitrogen and oxygen atoms in total. The fourth-order valence-corrected chi connectivity index (χ4v) is 2.77. The van der Waals surface area contributed by atoms with Crippen molar-refractivity contribution in [3.63, 3.8) is 0 Å². The standard InChI is InChI=1S/C12H21NS2/c1-3-11(13-7-5-8-14-2)10-12-6-4-9-15-12/h4,6,9,11,13H,3,5,7-8,10H2,1-2H3. The SMILES string of the molecule is CCC(Cc1cccs1)NCCCSC. The lowest BCUT2D eigenvalue weighted by Gasteiger charge is -2.15. The summed E-state index contributed by atoms with van der Waals surface area (Å²) < 4.78 is 0. The Balaban J connectivity index is 2.18. The van der Waals surface area contributed by atoms with E-state index in [0.717, 1.165) is 6.54 Å². The zero-order valence-electron chi connectivity index (χ0n) is 9.66. The molecule has 0 saturated heterocycles. The first kappa shape index (κ1) is 13.1. The first-order valence-corrected chi connectivity index (χ1v) is 7.88. The molecule has 0 aliphatic rings. The Hall–Kier alpha value is 0.01000. The van der Waals surface area contributed by atoms with E-state index in [1.807, 2.05) is 23.1 Å². The van der Waals surface area contributed by atoms with Crippen LogP contribution in [-0.4, -0.2) is 24.6 Å². The summed E-state index contributed by atoms with van der Waals surface area (Å²) in [5.41, 5.74) is 0. The van der Waals surface area contributed by atoms with Gasteiger partial charge in [0, 0.05) is 10.9 Å². The summed E-state index contributed by atoms with van der Waals surface area (Å²) in [4.78, 5) is 1.50. The van der Waals surface area contributed by atoms with Crippen LogP contribution in [0, 0.1) is 0 Å². The lowest BCUT2D eigenvalue weighted by molar-refractivity contribution is 0.498. The summed E-state index contributed by atoms with van der Waals surface area (Å²) in [5.74, 6) is 1.27. The lowest BCUT2D eigenvalue weighted by Crippen LogP contribution is -2.31. The van der Waals surface area contributed by atoms with Gasteiger partial charge in [-0.2, -0.15) is 11.8 Å². The largest absolute Gasteiger partial charge is 0.314 e. The Morgan fingerprint density at radius 2 is 2.40 bits per heavy atom. The monoisotopic (exact) mass is 243 g/mol. The summed E-state index contributed by atoms with van der Waals surface area (Å²) in [6.45, 7) is 3.42. The van der Waals surface area contributed by atoms with Crippen molar-refractivity contribution < 1.29 is 0 Å². The van der Waals surface area contributed by atoms with Gasteiger partial charge in [-0.1, -0.05) is 13.0 Å². The number of rotatable bonds is 8. The van der Waals surface area contributed by atoms with Gasteiger partial charge in [0.1, 0.15) is 0 Å². The first-order valence-electron chi connectivity index (χ1n) is 5.61. The molecular formula is C12H21NS2. The predicted molar refractivity (Wildman–Crippen MR) is 73.1 cm³/mol. The van der Waals surface area contributed by atoms with Crippen molar-refractivity contribution in [3.8, 4) is 0 Å². The molecule has 0 saturated carbocycles. The molecule has 0 aliphatic carbocycles. The van der Waals surface area contributed by atoms with Crippen LogP contribution in [0.2, 0.25) is 0 Å². The van der Waals surface area contributed by atoms with Gasteiger partial charge >= 0.3 is 0 Å². The third-order valence-corrected chi connectivity index (χ3v) is 4.07. The van der Waals surface area contributed by atoms with E-state index in [0.29, 0.717) is 6.04 Å². The topological polar surface area (TPSA) is 12.0 Å². The maximum atomic E-state index is 3.64. The van der Waals surface area contributed by atoms with Gasteiger partial charge < -0.3 is 5.32 Å². The van der Waals surface area contributed by atoms with Crippen molar-refractivity contribution in [1.82, 2.24) is 5.32 Å². The van der Waals surface area contributed by atoms with Crippen LogP contribution < -0.4 is 5.32 Å². The van der Waals surface area contributed by atoms with Gasteiger partial charge in [-0.3, -0.25) is 0 Å². The number of thioether (sulfide) groups is 1. The molecule has 0 bridgehead atoms. The van der Waals surface area contributed by atoms with Crippen LogP contribution in [0.1, 0.15) is 24.6 Å². The van der Waals surface area contributed by atoms with Crippen LogP contribution in [0.5, 0.6) is 0 Å². The molecule has 1 aromatic heterocycles.